The molecule has 66 valence electrons. The number of unbranched alkanes of at least 4 members (excludes halogenated alkanes) is 1. The molecule has 0 aromatic carbocycles. The van der Waals surface area contributed by atoms with Gasteiger partial charge in [-0.25, -0.2) is 0 Å². The molecule has 1 aliphatic carbocycles. The van der Waals surface area contributed by atoms with Crippen LogP contribution in [0.3, 0.4) is 0 Å². The molecule has 0 heteroatoms. The molecule has 0 heterocycles. The van der Waals surface area contributed by atoms with E-state index in [9.17, 15) is 0 Å². The van der Waals surface area contributed by atoms with Crippen LogP contribution in [0.1, 0.15) is 52.4 Å². The van der Waals surface area contributed by atoms with Crippen molar-refractivity contribution in [2.75, 3.05) is 0 Å². The molecule has 1 rings (SSSR count). The molecule has 0 aromatic heterocycles. The van der Waals surface area contributed by atoms with Gasteiger partial charge < -0.3 is 0 Å². The van der Waals surface area contributed by atoms with E-state index >= 15 is 0 Å². The zero-order chi connectivity index (χ0) is 8.53. The summed E-state index contributed by atoms with van der Waals surface area (Å²) in [5.74, 6) is 0.704. The molecule has 0 spiro atoms. The van der Waals surface area contributed by atoms with Crippen LogP contribution in [0.5, 0.6) is 0 Å². The Labute approximate surface area is 72.4 Å². The minimum Gasteiger partial charge on any atom is -0.0654 e. The highest BCUT2D eigenvalue weighted by atomic mass is 14.0. The Bertz CT molecular complexity index is 61.7. The number of rotatable bonds is 4. The summed E-state index contributed by atoms with van der Waals surface area (Å²) in [5, 5.41) is 0. The molecule has 0 amide bonds. The fraction of sp³-hybridized carbons (Fsp3) is 0.818. The molecule has 2 radical (unpaired) electrons. The Morgan fingerprint density at radius 3 is 2.18 bits per heavy atom. The Morgan fingerprint density at radius 1 is 1.36 bits per heavy atom. The summed E-state index contributed by atoms with van der Waals surface area (Å²) >= 11 is 0. The molecule has 0 bridgehead atoms. The largest absolute Gasteiger partial charge is 0.0654 e. The molecule has 1 fully saturated rings. The van der Waals surface area contributed by atoms with Gasteiger partial charge in [0.05, 0.1) is 0 Å². The summed E-state index contributed by atoms with van der Waals surface area (Å²) in [5.41, 5.74) is 0. The van der Waals surface area contributed by atoms with Crippen LogP contribution in [0.15, 0.2) is 0 Å². The zero-order valence-electron chi connectivity index (χ0n) is 8.10. The lowest BCUT2D eigenvalue weighted by Crippen LogP contribution is -1.90. The van der Waals surface area contributed by atoms with Crippen molar-refractivity contribution in [3.63, 3.8) is 0 Å². The summed E-state index contributed by atoms with van der Waals surface area (Å²) in [6.07, 6.45) is 10.2. The van der Waals surface area contributed by atoms with Gasteiger partial charge in [-0.05, 0) is 25.2 Å². The van der Waals surface area contributed by atoms with Gasteiger partial charge in [-0.2, -0.15) is 0 Å². The molecule has 1 unspecified atom stereocenters. The second-order valence-corrected chi connectivity index (χ2v) is 3.28. The van der Waals surface area contributed by atoms with E-state index in [0.29, 0.717) is 5.92 Å². The van der Waals surface area contributed by atoms with Crippen LogP contribution in [0, 0.1) is 19.3 Å². The van der Waals surface area contributed by atoms with Gasteiger partial charge in [0, 0.05) is 0 Å². The maximum atomic E-state index is 3.99. The van der Waals surface area contributed by atoms with Gasteiger partial charge in [0.25, 0.3) is 0 Å². The molecular formula is C11H22. The third-order valence-electron chi connectivity index (χ3n) is 1.83. The molecule has 0 nitrogen and oxygen atoms in total. The van der Waals surface area contributed by atoms with E-state index in [1.165, 1.54) is 38.5 Å². The van der Waals surface area contributed by atoms with Gasteiger partial charge in [-0.3, -0.25) is 0 Å². The molecule has 11 heavy (non-hydrogen) atoms. The highest BCUT2D eigenvalue weighted by Crippen LogP contribution is 2.12. The third kappa shape index (κ3) is 13.1. The van der Waals surface area contributed by atoms with E-state index in [2.05, 4.69) is 27.2 Å². The normalized spacial score (nSPS) is 16.6. The molecule has 1 saturated carbocycles. The highest BCUT2D eigenvalue weighted by molar-refractivity contribution is 4.79. The van der Waals surface area contributed by atoms with Crippen LogP contribution in [-0.2, 0) is 0 Å². The van der Waals surface area contributed by atoms with Gasteiger partial charge in [-0.15, -0.1) is 0 Å². The maximum Gasteiger partial charge on any atom is -0.0386 e. The summed E-state index contributed by atoms with van der Waals surface area (Å²) in [7, 11) is 0. The molecular weight excluding hydrogens is 132 g/mol. The van der Waals surface area contributed by atoms with Gasteiger partial charge in [0.2, 0.25) is 0 Å². The first kappa shape index (κ1) is 11.0. The molecule has 0 aromatic rings. The molecule has 1 atom stereocenters. The van der Waals surface area contributed by atoms with E-state index in [0.717, 1.165) is 0 Å². The summed E-state index contributed by atoms with van der Waals surface area (Å²) < 4.78 is 0. The first-order chi connectivity index (χ1) is 5.31. The lowest BCUT2D eigenvalue weighted by molar-refractivity contribution is 0.537. The third-order valence-corrected chi connectivity index (χ3v) is 1.83. The maximum absolute atomic E-state index is 3.99. The first-order valence-electron chi connectivity index (χ1n) is 4.96. The van der Waals surface area contributed by atoms with E-state index in [1.54, 1.807) is 0 Å². The fourth-order valence-electron chi connectivity index (χ4n) is 0.697. The average molecular weight is 154 g/mol. The summed E-state index contributed by atoms with van der Waals surface area (Å²) in [6.45, 7) is 8.42. The van der Waals surface area contributed by atoms with Crippen LogP contribution in [0.25, 0.3) is 0 Å². The van der Waals surface area contributed by atoms with Crippen molar-refractivity contribution in [2.24, 2.45) is 5.92 Å². The topological polar surface area (TPSA) is 0 Å². The zero-order valence-corrected chi connectivity index (χ0v) is 8.10. The molecule has 1 aliphatic rings. The van der Waals surface area contributed by atoms with Crippen molar-refractivity contribution in [3.05, 3.63) is 13.3 Å². The molecule has 0 N–H and O–H groups in total. The highest BCUT2D eigenvalue weighted by Gasteiger charge is 1.96. The van der Waals surface area contributed by atoms with Crippen LogP contribution < -0.4 is 0 Å². The standard InChI is InChI=1S/C8H17.C3H5/c1-4-6-7-8(3)5-2;1-2-3-1/h8H,3-7H2,1-2H3;1H,2-3H2. The lowest BCUT2D eigenvalue weighted by atomic mass is 10.0. The van der Waals surface area contributed by atoms with E-state index < -0.39 is 0 Å². The van der Waals surface area contributed by atoms with Crippen molar-refractivity contribution in [2.45, 2.75) is 52.4 Å². The number of hydrogen-bond donors (Lipinski definition) is 0. The van der Waals surface area contributed by atoms with Crippen molar-refractivity contribution in [1.82, 2.24) is 0 Å². The average Bonchev–Trinajstić information content (AvgIpc) is 2.85. The fourth-order valence-corrected chi connectivity index (χ4v) is 0.697. The van der Waals surface area contributed by atoms with Crippen molar-refractivity contribution < 1.29 is 0 Å². The second-order valence-electron chi connectivity index (χ2n) is 3.28. The molecule has 0 saturated heterocycles. The van der Waals surface area contributed by atoms with Crippen LogP contribution in [-0.4, -0.2) is 0 Å². The number of hydrogen-bond acceptors (Lipinski definition) is 0. The van der Waals surface area contributed by atoms with E-state index in [1.807, 2.05) is 0 Å². The summed E-state index contributed by atoms with van der Waals surface area (Å²) in [4.78, 5) is 0. The minimum absolute atomic E-state index is 0.704. The Kier molecular flexibility index (Phi) is 8.10. The lowest BCUT2D eigenvalue weighted by Gasteiger charge is -2.04. The first-order valence-corrected chi connectivity index (χ1v) is 4.96. The smallest absolute Gasteiger partial charge is 0.0386 e. The van der Waals surface area contributed by atoms with Gasteiger partial charge >= 0.3 is 0 Å². The van der Waals surface area contributed by atoms with Gasteiger partial charge in [0.1, 0.15) is 0 Å². The summed E-state index contributed by atoms with van der Waals surface area (Å²) in [6, 6.07) is 0. The Hall–Kier alpha value is 0. The predicted octanol–water partition coefficient (Wildman–Crippen LogP) is 4.02. The predicted molar refractivity (Wildman–Crippen MR) is 52.2 cm³/mol. The van der Waals surface area contributed by atoms with Crippen LogP contribution in [0.2, 0.25) is 0 Å². The van der Waals surface area contributed by atoms with Crippen LogP contribution in [0.4, 0.5) is 0 Å². The molecule has 0 aliphatic heterocycles. The minimum atomic E-state index is 0.704. The van der Waals surface area contributed by atoms with E-state index in [-0.39, 0.29) is 0 Å². The monoisotopic (exact) mass is 154 g/mol. The van der Waals surface area contributed by atoms with Crippen molar-refractivity contribution >= 4 is 0 Å². The van der Waals surface area contributed by atoms with Gasteiger partial charge in [0.15, 0.2) is 0 Å². The quantitative estimate of drug-likeness (QED) is 0.573. The van der Waals surface area contributed by atoms with Gasteiger partial charge in [-0.1, -0.05) is 46.5 Å². The SMILES string of the molecule is [CH2]C(CC)CCCC.[CH]1CC1. The second kappa shape index (κ2) is 8.10. The Balaban J connectivity index is 0.000000271. The van der Waals surface area contributed by atoms with Crippen molar-refractivity contribution in [3.8, 4) is 0 Å². The van der Waals surface area contributed by atoms with Crippen molar-refractivity contribution in [1.29, 1.82) is 0 Å². The van der Waals surface area contributed by atoms with E-state index in [4.69, 9.17) is 0 Å². The van der Waals surface area contributed by atoms with Crippen LogP contribution >= 0.6 is 0 Å². The Morgan fingerprint density at radius 2 is 1.91 bits per heavy atom.